The molecule has 0 bridgehead atoms. The molecule has 1 aromatic rings. The number of carbonyl (C=O) groups excluding carboxylic acids is 5. The first-order valence-corrected chi connectivity index (χ1v) is 15.3. The molecule has 0 N–H and O–H groups in total. The van der Waals surface area contributed by atoms with E-state index in [0.29, 0.717) is 38.8 Å². The van der Waals surface area contributed by atoms with E-state index in [-0.39, 0.29) is 40.0 Å². The quantitative estimate of drug-likeness (QED) is 0.210. The van der Waals surface area contributed by atoms with Crippen molar-refractivity contribution in [1.29, 1.82) is 0 Å². The molecule has 1 saturated heterocycles. The summed E-state index contributed by atoms with van der Waals surface area (Å²) in [5.41, 5.74) is 1.68. The molecule has 1 aliphatic carbocycles. The summed E-state index contributed by atoms with van der Waals surface area (Å²) >= 11 is 8.17. The second-order valence-electron chi connectivity index (χ2n) is 10.9. The maximum Gasteiger partial charge on any atom is 0.346 e. The van der Waals surface area contributed by atoms with Gasteiger partial charge in [0.05, 0.1) is 46.4 Å². The molecule has 12 heteroatoms. The highest BCUT2D eigenvalue weighted by molar-refractivity contribution is 8.29. The molecule has 41 heavy (non-hydrogen) atoms. The zero-order valence-corrected chi connectivity index (χ0v) is 25.8. The number of methoxy groups -OCH3 is 2. The maximum atomic E-state index is 14.0. The van der Waals surface area contributed by atoms with Crippen LogP contribution in [0, 0.1) is 18.8 Å². The third-order valence-electron chi connectivity index (χ3n) is 8.02. The number of ether oxygens (including phenoxy) is 2. The number of thiocarbonyl (C=S) groups is 1. The number of amides is 3. The first kappa shape index (κ1) is 29.5. The van der Waals surface area contributed by atoms with E-state index in [1.807, 2.05) is 39.0 Å². The van der Waals surface area contributed by atoms with Gasteiger partial charge in [-0.2, -0.15) is 0 Å². The van der Waals surface area contributed by atoms with Crippen LogP contribution in [0.5, 0.6) is 0 Å². The van der Waals surface area contributed by atoms with Crippen molar-refractivity contribution in [3.8, 4) is 0 Å². The molecule has 0 radical (unpaired) electrons. The SMILES string of the molecule is COC(=O)C1=C(C(=O)OC)SC(=C2C(=S)C(C)(C)N(C(=O)CN3C(=O)[C@H]4CCCC[C@H]4C3=O)c3cc(C)ccc32)S1. The number of hydrogen-bond acceptors (Lipinski definition) is 10. The molecule has 3 heterocycles. The second kappa shape index (κ2) is 11.0. The summed E-state index contributed by atoms with van der Waals surface area (Å²) in [4.78, 5) is 68.7. The normalized spacial score (nSPS) is 23.6. The minimum atomic E-state index is -1.05. The fourth-order valence-corrected chi connectivity index (χ4v) is 9.00. The molecule has 0 aromatic heterocycles. The number of fused-ring (bicyclic) bond motifs is 2. The highest BCUT2D eigenvalue weighted by Gasteiger charge is 2.51. The molecule has 1 aromatic carbocycles. The zero-order chi connectivity index (χ0) is 29.8. The topological polar surface area (TPSA) is 110 Å². The number of carbonyl (C=O) groups is 5. The fraction of sp³-hybridized carbons (Fsp3) is 0.448. The van der Waals surface area contributed by atoms with E-state index in [1.165, 1.54) is 14.2 Å². The van der Waals surface area contributed by atoms with Crippen molar-refractivity contribution in [1.82, 2.24) is 4.90 Å². The summed E-state index contributed by atoms with van der Waals surface area (Å²) < 4.78 is 10.4. The minimum absolute atomic E-state index is 0.104. The van der Waals surface area contributed by atoms with E-state index >= 15 is 0 Å². The van der Waals surface area contributed by atoms with Gasteiger partial charge in [0, 0.05) is 11.1 Å². The molecule has 216 valence electrons. The lowest BCUT2D eigenvalue weighted by atomic mass is 9.81. The zero-order valence-electron chi connectivity index (χ0n) is 23.4. The molecular formula is C29H30N2O7S3. The van der Waals surface area contributed by atoms with Gasteiger partial charge in [-0.15, -0.1) is 0 Å². The third kappa shape index (κ3) is 4.83. The van der Waals surface area contributed by atoms with Gasteiger partial charge in [0.25, 0.3) is 0 Å². The Morgan fingerprint density at radius 1 is 0.976 bits per heavy atom. The Morgan fingerprint density at radius 2 is 1.51 bits per heavy atom. The van der Waals surface area contributed by atoms with Crippen LogP contribution < -0.4 is 4.90 Å². The molecule has 4 aliphatic rings. The van der Waals surface area contributed by atoms with Crippen LogP contribution in [-0.4, -0.2) is 65.7 Å². The van der Waals surface area contributed by atoms with E-state index in [2.05, 4.69) is 0 Å². The van der Waals surface area contributed by atoms with Crippen LogP contribution in [0.2, 0.25) is 0 Å². The van der Waals surface area contributed by atoms with Gasteiger partial charge in [-0.25, -0.2) is 9.59 Å². The standard InChI is InChI=1S/C29H30N2O7S3/c1-14-10-11-17-18(12-14)31(19(32)13-30-24(33)15-8-6-7-9-16(15)25(30)34)29(2,3)23(39)20(17)28-40-21(26(35)37-4)22(41-28)27(36)38-5/h10-12,15-16H,6-9,13H2,1-5H3/t15-,16+. The summed E-state index contributed by atoms with van der Waals surface area (Å²) in [7, 11) is 2.47. The van der Waals surface area contributed by atoms with Crippen LogP contribution >= 0.6 is 35.7 Å². The molecule has 9 nitrogen and oxygen atoms in total. The van der Waals surface area contributed by atoms with E-state index < -0.39 is 23.4 Å². The van der Waals surface area contributed by atoms with Gasteiger partial charge in [-0.05, 0) is 45.2 Å². The summed E-state index contributed by atoms with van der Waals surface area (Å²) in [6, 6.07) is 5.61. The van der Waals surface area contributed by atoms with Crippen LogP contribution in [0.4, 0.5) is 5.69 Å². The van der Waals surface area contributed by atoms with Gasteiger partial charge in [0.2, 0.25) is 17.7 Å². The van der Waals surface area contributed by atoms with Crippen molar-refractivity contribution in [2.24, 2.45) is 11.8 Å². The minimum Gasteiger partial charge on any atom is -0.465 e. The van der Waals surface area contributed by atoms with Crippen LogP contribution in [0.3, 0.4) is 0 Å². The number of imide groups is 1. The summed E-state index contributed by atoms with van der Waals surface area (Å²) in [6.45, 7) is 5.17. The summed E-state index contributed by atoms with van der Waals surface area (Å²) in [5.74, 6) is -2.98. The molecule has 3 aliphatic heterocycles. The number of likely N-dealkylation sites (tertiary alicyclic amines) is 1. The number of esters is 2. The van der Waals surface area contributed by atoms with Crippen molar-refractivity contribution >= 4 is 81.5 Å². The molecule has 3 amide bonds. The fourth-order valence-electron chi connectivity index (χ4n) is 5.97. The molecule has 2 atom stereocenters. The number of aryl methyl sites for hydroxylation is 1. The van der Waals surface area contributed by atoms with Gasteiger partial charge in [0.1, 0.15) is 16.4 Å². The van der Waals surface area contributed by atoms with Crippen LogP contribution in [-0.2, 0) is 33.4 Å². The number of benzene rings is 1. The predicted octanol–water partition coefficient (Wildman–Crippen LogP) is 4.37. The van der Waals surface area contributed by atoms with Crippen LogP contribution in [0.1, 0.15) is 50.7 Å². The molecule has 5 rings (SSSR count). The molecular weight excluding hydrogens is 585 g/mol. The first-order valence-electron chi connectivity index (χ1n) is 13.3. The predicted molar refractivity (Wildman–Crippen MR) is 161 cm³/mol. The van der Waals surface area contributed by atoms with Crippen molar-refractivity contribution in [2.75, 3.05) is 25.7 Å². The van der Waals surface area contributed by atoms with E-state index in [0.717, 1.165) is 46.8 Å². The molecule has 0 unspecified atom stereocenters. The van der Waals surface area contributed by atoms with E-state index in [9.17, 15) is 24.0 Å². The average Bonchev–Trinajstić information content (AvgIpc) is 3.49. The number of nitrogens with zero attached hydrogens (tertiary/aromatic N) is 2. The lowest BCUT2D eigenvalue weighted by molar-refractivity contribution is -0.143. The van der Waals surface area contributed by atoms with Crippen molar-refractivity contribution < 1.29 is 33.4 Å². The smallest absolute Gasteiger partial charge is 0.346 e. The highest BCUT2D eigenvalue weighted by Crippen LogP contribution is 2.56. The van der Waals surface area contributed by atoms with Gasteiger partial charge < -0.3 is 9.47 Å². The summed E-state index contributed by atoms with van der Waals surface area (Å²) in [5, 5.41) is 0. The van der Waals surface area contributed by atoms with Gasteiger partial charge in [-0.1, -0.05) is 60.7 Å². The lowest BCUT2D eigenvalue weighted by Crippen LogP contribution is -2.58. The number of hydrogen-bond donors (Lipinski definition) is 0. The van der Waals surface area contributed by atoms with Gasteiger partial charge in [0.15, 0.2) is 0 Å². The van der Waals surface area contributed by atoms with Gasteiger partial charge >= 0.3 is 11.9 Å². The number of thioether (sulfide) groups is 2. The third-order valence-corrected chi connectivity index (χ3v) is 11.3. The number of anilines is 1. The highest BCUT2D eigenvalue weighted by atomic mass is 32.2. The Morgan fingerprint density at radius 3 is 2.02 bits per heavy atom. The lowest BCUT2D eigenvalue weighted by Gasteiger charge is -2.45. The molecule has 1 saturated carbocycles. The average molecular weight is 615 g/mol. The van der Waals surface area contributed by atoms with Crippen LogP contribution in [0.25, 0.3) is 5.57 Å². The van der Waals surface area contributed by atoms with Crippen molar-refractivity contribution in [3.63, 3.8) is 0 Å². The molecule has 0 spiro atoms. The van der Waals surface area contributed by atoms with Gasteiger partial charge in [-0.3, -0.25) is 24.2 Å². The van der Waals surface area contributed by atoms with Crippen molar-refractivity contribution in [2.45, 2.75) is 52.0 Å². The number of rotatable bonds is 4. The second-order valence-corrected chi connectivity index (χ2v) is 13.6. The Bertz CT molecular complexity index is 1420. The van der Waals surface area contributed by atoms with Crippen molar-refractivity contribution in [3.05, 3.63) is 43.4 Å². The Kier molecular flexibility index (Phi) is 7.95. The largest absolute Gasteiger partial charge is 0.465 e. The summed E-state index contributed by atoms with van der Waals surface area (Å²) in [6.07, 6.45) is 3.14. The Hall–Kier alpha value is -2.96. The van der Waals surface area contributed by atoms with E-state index in [4.69, 9.17) is 21.7 Å². The Labute approximate surface area is 252 Å². The molecule has 2 fully saturated rings. The first-order chi connectivity index (χ1) is 19.4. The van der Waals surface area contributed by atoms with E-state index in [1.54, 1.807) is 4.90 Å². The Balaban J connectivity index is 1.56. The maximum absolute atomic E-state index is 14.0. The monoisotopic (exact) mass is 614 g/mol. The van der Waals surface area contributed by atoms with Crippen LogP contribution in [0.15, 0.2) is 32.2 Å².